The number of benzene rings is 1. The maximum Gasteiger partial charge on any atom is 0.573 e. The van der Waals surface area contributed by atoms with Gasteiger partial charge in [-0.2, -0.15) is 0 Å². The van der Waals surface area contributed by atoms with Gasteiger partial charge in [-0.1, -0.05) is 5.21 Å². The lowest BCUT2D eigenvalue weighted by Crippen LogP contribution is -2.30. The second-order valence-corrected chi connectivity index (χ2v) is 7.32. The number of carbonyl (C=O) groups is 1. The fourth-order valence-corrected chi connectivity index (χ4v) is 2.68. The Hall–Kier alpha value is -2.95. The van der Waals surface area contributed by atoms with Crippen LogP contribution in [0, 0.1) is 0 Å². The number of anilines is 1. The Morgan fingerprint density at radius 1 is 1.18 bits per heavy atom. The van der Waals surface area contributed by atoms with Gasteiger partial charge in [-0.15, -0.1) is 18.3 Å². The first kappa shape index (κ1) is 19.8. The van der Waals surface area contributed by atoms with E-state index in [2.05, 4.69) is 20.4 Å². The highest BCUT2D eigenvalue weighted by Crippen LogP contribution is 2.27. The largest absolute Gasteiger partial charge is 0.573 e. The lowest BCUT2D eigenvalue weighted by Gasteiger charge is -2.17. The van der Waals surface area contributed by atoms with Crippen LogP contribution in [0.4, 0.5) is 18.9 Å². The van der Waals surface area contributed by atoms with Gasteiger partial charge in [0.15, 0.2) is 5.11 Å². The van der Waals surface area contributed by atoms with Crippen LogP contribution in [0.15, 0.2) is 36.2 Å². The van der Waals surface area contributed by atoms with Gasteiger partial charge < -0.3 is 10.1 Å². The maximum atomic E-state index is 12.7. The fourth-order valence-electron chi connectivity index (χ4n) is 2.39. The van der Waals surface area contributed by atoms with Crippen molar-refractivity contribution in [2.24, 2.45) is 0 Å². The third-order valence-corrected chi connectivity index (χ3v) is 3.98. The zero-order valence-corrected chi connectivity index (χ0v) is 15.9. The van der Waals surface area contributed by atoms with Gasteiger partial charge in [0, 0.05) is 0 Å². The zero-order valence-electron chi connectivity index (χ0n) is 15.1. The molecule has 2 aromatic rings. The summed E-state index contributed by atoms with van der Waals surface area (Å²) in [6.07, 6.45) is -1.59. The molecule has 1 aliphatic heterocycles. The van der Waals surface area contributed by atoms with E-state index in [1.165, 1.54) is 23.1 Å². The van der Waals surface area contributed by atoms with E-state index in [1.54, 1.807) is 10.9 Å². The molecular weight excluding hydrogens is 395 g/mol. The van der Waals surface area contributed by atoms with Crippen molar-refractivity contribution in [1.82, 2.24) is 20.3 Å². The molecule has 1 amide bonds. The summed E-state index contributed by atoms with van der Waals surface area (Å²) in [6, 6.07) is 4.84. The Morgan fingerprint density at radius 3 is 2.36 bits per heavy atom. The predicted molar refractivity (Wildman–Crippen MR) is 99.3 cm³/mol. The monoisotopic (exact) mass is 411 g/mol. The molecule has 28 heavy (non-hydrogen) atoms. The minimum atomic E-state index is -4.79. The number of halogens is 3. The summed E-state index contributed by atoms with van der Waals surface area (Å²) >= 11 is 5.18. The molecule has 3 rings (SSSR count). The molecule has 1 aromatic carbocycles. The average Bonchev–Trinajstić information content (AvgIpc) is 3.13. The van der Waals surface area contributed by atoms with Crippen molar-refractivity contribution >= 4 is 35.0 Å². The summed E-state index contributed by atoms with van der Waals surface area (Å²) < 4.78 is 42.3. The highest BCUT2D eigenvalue weighted by molar-refractivity contribution is 7.80. The number of thiocarbonyl (C=S) groups is 1. The molecule has 0 unspecified atom stereocenters. The summed E-state index contributed by atoms with van der Waals surface area (Å²) in [6.45, 7) is 5.88. The van der Waals surface area contributed by atoms with E-state index in [-0.39, 0.29) is 16.3 Å². The van der Waals surface area contributed by atoms with Crippen LogP contribution >= 0.6 is 12.2 Å². The van der Waals surface area contributed by atoms with Crippen molar-refractivity contribution in [1.29, 1.82) is 0 Å². The molecule has 148 valence electrons. The first-order chi connectivity index (χ1) is 12.9. The van der Waals surface area contributed by atoms with Crippen LogP contribution in [0.5, 0.6) is 5.75 Å². The van der Waals surface area contributed by atoms with Crippen molar-refractivity contribution in [2.45, 2.75) is 32.7 Å². The summed E-state index contributed by atoms with van der Waals surface area (Å²) in [7, 11) is 0. The Labute approximate surface area is 163 Å². The first-order valence-electron chi connectivity index (χ1n) is 8.10. The molecule has 0 aliphatic carbocycles. The van der Waals surface area contributed by atoms with Crippen molar-refractivity contribution in [3.05, 3.63) is 41.9 Å². The topological polar surface area (TPSA) is 72.3 Å². The summed E-state index contributed by atoms with van der Waals surface area (Å²) in [5, 5.41) is 10.9. The smallest absolute Gasteiger partial charge is 0.406 e. The number of rotatable bonds is 3. The van der Waals surface area contributed by atoms with E-state index < -0.39 is 18.0 Å². The highest BCUT2D eigenvalue weighted by Gasteiger charge is 2.33. The zero-order chi connectivity index (χ0) is 20.7. The van der Waals surface area contributed by atoms with Gasteiger partial charge in [-0.3, -0.25) is 9.69 Å². The number of alkyl halides is 3. The Balaban J connectivity index is 1.81. The molecular formula is C17H16F3N5O2S. The van der Waals surface area contributed by atoms with Crippen LogP contribution in [-0.4, -0.2) is 32.4 Å². The fraction of sp³-hybridized carbons (Fsp3) is 0.294. The first-order valence-corrected chi connectivity index (χ1v) is 8.51. The average molecular weight is 411 g/mol. The van der Waals surface area contributed by atoms with Crippen LogP contribution in [-0.2, 0) is 10.3 Å². The second kappa shape index (κ2) is 6.89. The number of amides is 1. The summed E-state index contributed by atoms with van der Waals surface area (Å²) in [4.78, 5) is 13.9. The van der Waals surface area contributed by atoms with Crippen LogP contribution in [0.2, 0.25) is 0 Å². The number of aromatic nitrogens is 3. The van der Waals surface area contributed by atoms with Crippen molar-refractivity contribution in [3.8, 4) is 5.75 Å². The SMILES string of the molecule is CC(C)(C)n1cc(/C=C2/NC(=S)N(c3ccc(OC(F)(F)F)cc3)C2=O)nn1. The predicted octanol–water partition coefficient (Wildman–Crippen LogP) is 3.19. The lowest BCUT2D eigenvalue weighted by atomic mass is 10.1. The van der Waals surface area contributed by atoms with Crippen molar-refractivity contribution < 1.29 is 22.7 Å². The number of hydrogen-bond donors (Lipinski definition) is 1. The molecule has 1 saturated heterocycles. The van der Waals surface area contributed by atoms with E-state index >= 15 is 0 Å². The highest BCUT2D eigenvalue weighted by atomic mass is 32.1. The van der Waals surface area contributed by atoms with Gasteiger partial charge in [-0.25, -0.2) is 4.68 Å². The van der Waals surface area contributed by atoms with E-state index in [9.17, 15) is 18.0 Å². The molecule has 2 heterocycles. The molecule has 0 bridgehead atoms. The van der Waals surface area contributed by atoms with E-state index in [4.69, 9.17) is 12.2 Å². The summed E-state index contributed by atoms with van der Waals surface area (Å²) in [5.74, 6) is -0.851. The Kier molecular flexibility index (Phi) is 4.88. The number of hydrogen-bond acceptors (Lipinski definition) is 5. The number of carbonyl (C=O) groups excluding carboxylic acids is 1. The van der Waals surface area contributed by atoms with E-state index in [0.717, 1.165) is 12.1 Å². The van der Waals surface area contributed by atoms with Gasteiger partial charge in [-0.05, 0) is 63.3 Å². The van der Waals surface area contributed by atoms with Gasteiger partial charge in [0.05, 0.1) is 17.4 Å². The third kappa shape index (κ3) is 4.30. The second-order valence-electron chi connectivity index (χ2n) is 6.93. The van der Waals surface area contributed by atoms with E-state index in [1.807, 2.05) is 20.8 Å². The Bertz CT molecular complexity index is 945. The minimum Gasteiger partial charge on any atom is -0.406 e. The third-order valence-electron chi connectivity index (χ3n) is 3.70. The van der Waals surface area contributed by atoms with Crippen molar-refractivity contribution in [2.75, 3.05) is 4.90 Å². The molecule has 1 aliphatic rings. The van der Waals surface area contributed by atoms with Crippen molar-refractivity contribution in [3.63, 3.8) is 0 Å². The molecule has 11 heteroatoms. The molecule has 1 N–H and O–H groups in total. The molecule has 0 saturated carbocycles. The molecule has 0 radical (unpaired) electrons. The molecule has 7 nitrogen and oxygen atoms in total. The van der Waals surface area contributed by atoms with Crippen LogP contribution in [0.1, 0.15) is 26.5 Å². The maximum absolute atomic E-state index is 12.7. The quantitative estimate of drug-likeness (QED) is 0.618. The molecule has 1 aromatic heterocycles. The number of nitrogens with one attached hydrogen (secondary N) is 1. The van der Waals surface area contributed by atoms with Gasteiger partial charge in [0.25, 0.3) is 5.91 Å². The molecule has 0 spiro atoms. The Morgan fingerprint density at radius 2 is 1.82 bits per heavy atom. The van der Waals surface area contributed by atoms with Crippen LogP contribution in [0.25, 0.3) is 6.08 Å². The van der Waals surface area contributed by atoms with E-state index in [0.29, 0.717) is 11.4 Å². The standard InChI is InChI=1S/C17H16F3N5O2S/c1-16(2,3)24-9-10(22-23-24)8-13-14(26)25(15(28)21-13)11-4-6-12(7-5-11)27-17(18,19)20/h4-9H,1-3H3,(H,21,28)/b13-8+. The molecule has 0 atom stereocenters. The number of ether oxygens (including phenoxy) is 1. The minimum absolute atomic E-state index is 0.101. The van der Waals surface area contributed by atoms with Crippen LogP contribution in [0.3, 0.4) is 0 Å². The summed E-state index contributed by atoms with van der Waals surface area (Å²) in [5.41, 5.74) is 0.683. The van der Waals surface area contributed by atoms with Gasteiger partial charge in [0.1, 0.15) is 17.1 Å². The number of nitrogens with zero attached hydrogens (tertiary/aromatic N) is 4. The van der Waals surface area contributed by atoms with Gasteiger partial charge >= 0.3 is 6.36 Å². The van der Waals surface area contributed by atoms with Gasteiger partial charge in [0.2, 0.25) is 0 Å². The van der Waals surface area contributed by atoms with Crippen LogP contribution < -0.4 is 15.0 Å². The lowest BCUT2D eigenvalue weighted by molar-refractivity contribution is -0.274. The normalized spacial score (nSPS) is 16.6. The molecule has 1 fully saturated rings.